The molecule has 2 heterocycles. The van der Waals surface area contributed by atoms with Crippen LogP contribution in [0.3, 0.4) is 0 Å². The fraction of sp³-hybridized carbons (Fsp3) is 0.156. The summed E-state index contributed by atoms with van der Waals surface area (Å²) in [5, 5.41) is 13.3. The van der Waals surface area contributed by atoms with Gasteiger partial charge in [-0.15, -0.1) is 0 Å². The van der Waals surface area contributed by atoms with Crippen LogP contribution in [0.4, 0.5) is 17.1 Å². The number of fused-ring (bicyclic) bond motifs is 1. The second kappa shape index (κ2) is 11.4. The minimum absolute atomic E-state index is 0.132. The molecule has 11 nitrogen and oxygen atoms in total. The zero-order chi connectivity index (χ0) is 31.1. The minimum Gasteiger partial charge on any atom is -0.493 e. The van der Waals surface area contributed by atoms with Crippen LogP contribution in [0, 0.1) is 23.0 Å². The average Bonchev–Trinajstić information content (AvgIpc) is 3.54. The van der Waals surface area contributed by atoms with E-state index in [1.54, 1.807) is 73.7 Å². The van der Waals surface area contributed by atoms with Gasteiger partial charge in [-0.25, -0.2) is 14.8 Å². The molecule has 222 valence electrons. The number of methoxy groups -OCH3 is 1. The van der Waals surface area contributed by atoms with Crippen LogP contribution in [0.5, 0.6) is 11.5 Å². The van der Waals surface area contributed by atoms with Gasteiger partial charge in [0.05, 0.1) is 35.0 Å². The molecule has 0 unspecified atom stereocenters. The molecule has 3 atom stereocenters. The number of benzene rings is 4. The molecule has 0 aromatic heterocycles. The van der Waals surface area contributed by atoms with Gasteiger partial charge in [-0.3, -0.25) is 24.5 Å². The van der Waals surface area contributed by atoms with Crippen LogP contribution in [0.2, 0.25) is 5.02 Å². The van der Waals surface area contributed by atoms with Crippen LogP contribution < -0.4 is 19.4 Å². The van der Waals surface area contributed by atoms with Crippen LogP contribution in [0.15, 0.2) is 91.0 Å². The van der Waals surface area contributed by atoms with Crippen LogP contribution >= 0.6 is 11.6 Å². The summed E-state index contributed by atoms with van der Waals surface area (Å²) in [5.41, 5.74) is 1.78. The number of nitrogens with zero attached hydrogens (tertiary/aromatic N) is 3. The number of halogens is 1. The van der Waals surface area contributed by atoms with Crippen molar-refractivity contribution < 1.29 is 33.6 Å². The molecule has 2 amide bonds. The number of nitro groups is 1. The number of hydrogen-bond acceptors (Lipinski definition) is 9. The third kappa shape index (κ3) is 4.91. The quantitative estimate of drug-likeness (QED) is 0.0830. The highest BCUT2D eigenvalue weighted by atomic mass is 35.5. The number of hydrogen-bond donors (Lipinski definition) is 0. The third-order valence-electron chi connectivity index (χ3n) is 7.63. The van der Waals surface area contributed by atoms with Gasteiger partial charge in [0.25, 0.3) is 11.6 Å². The Morgan fingerprint density at radius 3 is 2.41 bits per heavy atom. The number of ether oxygens (including phenoxy) is 2. The maximum atomic E-state index is 14.1. The van der Waals surface area contributed by atoms with Crippen molar-refractivity contribution in [2.75, 3.05) is 17.1 Å². The Kier molecular flexibility index (Phi) is 7.50. The lowest BCUT2D eigenvalue weighted by molar-refractivity contribution is -0.384. The molecule has 2 fully saturated rings. The van der Waals surface area contributed by atoms with Gasteiger partial charge in [0.1, 0.15) is 5.92 Å². The van der Waals surface area contributed by atoms with Crippen molar-refractivity contribution in [3.05, 3.63) is 123 Å². The van der Waals surface area contributed by atoms with E-state index in [0.717, 1.165) is 4.90 Å². The van der Waals surface area contributed by atoms with Crippen molar-refractivity contribution in [2.45, 2.75) is 19.1 Å². The van der Waals surface area contributed by atoms with Crippen LogP contribution in [0.25, 0.3) is 0 Å². The van der Waals surface area contributed by atoms with Crippen molar-refractivity contribution >= 4 is 46.4 Å². The summed E-state index contributed by atoms with van der Waals surface area (Å²) < 4.78 is 11.1. The fourth-order valence-corrected chi connectivity index (χ4v) is 5.65. The number of anilines is 2. The number of non-ortho nitro benzene ring substituents is 1. The average molecular weight is 614 g/mol. The smallest absolute Gasteiger partial charge is 0.343 e. The summed E-state index contributed by atoms with van der Waals surface area (Å²) in [6, 6.07) is 22.9. The molecular weight excluding hydrogens is 590 g/mol. The molecule has 4 aromatic carbocycles. The molecule has 0 radical (unpaired) electrons. The lowest BCUT2D eigenvalue weighted by atomic mass is 9.90. The zero-order valence-electron chi connectivity index (χ0n) is 23.4. The van der Waals surface area contributed by atoms with E-state index >= 15 is 0 Å². The second-order valence-electron chi connectivity index (χ2n) is 10.2. The Hall–Kier alpha value is -5.26. The predicted molar refractivity (Wildman–Crippen MR) is 160 cm³/mol. The third-order valence-corrected chi connectivity index (χ3v) is 8.04. The van der Waals surface area contributed by atoms with Gasteiger partial charge in [0.2, 0.25) is 5.91 Å². The summed E-state index contributed by atoms with van der Waals surface area (Å²) in [6.07, 6.45) is -1.23. The van der Waals surface area contributed by atoms with E-state index in [-0.39, 0.29) is 22.9 Å². The molecule has 4 aromatic rings. The van der Waals surface area contributed by atoms with Crippen molar-refractivity contribution in [3.8, 4) is 11.5 Å². The van der Waals surface area contributed by atoms with Crippen molar-refractivity contribution in [3.63, 3.8) is 0 Å². The van der Waals surface area contributed by atoms with E-state index in [1.807, 2.05) is 0 Å². The van der Waals surface area contributed by atoms with Crippen LogP contribution in [0.1, 0.15) is 27.5 Å². The summed E-state index contributed by atoms with van der Waals surface area (Å²) >= 11 is 6.31. The summed E-state index contributed by atoms with van der Waals surface area (Å²) in [4.78, 5) is 58.8. The minimum atomic E-state index is -1.23. The number of carbonyl (C=O) groups is 3. The Morgan fingerprint density at radius 1 is 0.932 bits per heavy atom. The molecule has 44 heavy (non-hydrogen) atoms. The second-order valence-corrected chi connectivity index (χ2v) is 10.6. The Bertz CT molecular complexity index is 1810. The Morgan fingerprint density at radius 2 is 1.68 bits per heavy atom. The SMILES string of the molecule is COc1cc([C@@H]2[C@@H]3C(=O)N(c4cccc(Cl)c4C)C(=O)[C@H]3ON2c2cccc([N+](=O)[O-])c2)ccc1OC(=O)c1ccccc1. The van der Waals surface area contributed by atoms with E-state index in [2.05, 4.69) is 0 Å². The number of rotatable bonds is 7. The number of nitro benzene ring substituents is 1. The largest absolute Gasteiger partial charge is 0.493 e. The van der Waals surface area contributed by atoms with Crippen molar-refractivity contribution in [2.24, 2.45) is 5.92 Å². The summed E-state index contributed by atoms with van der Waals surface area (Å²) in [5.74, 6) is -2.43. The predicted octanol–water partition coefficient (Wildman–Crippen LogP) is 5.84. The van der Waals surface area contributed by atoms with Crippen LogP contribution in [-0.2, 0) is 14.4 Å². The highest BCUT2D eigenvalue weighted by molar-refractivity contribution is 6.32. The molecule has 6 rings (SSSR count). The van der Waals surface area contributed by atoms with Crippen molar-refractivity contribution in [1.29, 1.82) is 0 Å². The number of esters is 1. The van der Waals surface area contributed by atoms with Gasteiger partial charge in [-0.1, -0.05) is 48.0 Å². The maximum Gasteiger partial charge on any atom is 0.343 e. The Balaban J connectivity index is 1.42. The Labute approximate surface area is 256 Å². The van der Waals surface area contributed by atoms with Crippen LogP contribution in [-0.4, -0.2) is 35.9 Å². The lowest BCUT2D eigenvalue weighted by Gasteiger charge is -2.29. The topological polar surface area (TPSA) is 129 Å². The number of amides is 2. The maximum absolute atomic E-state index is 14.1. The molecule has 12 heteroatoms. The molecule has 2 aliphatic heterocycles. The first kappa shape index (κ1) is 28.8. The normalized spacial score (nSPS) is 19.2. The first-order valence-electron chi connectivity index (χ1n) is 13.5. The molecule has 0 spiro atoms. The fourth-order valence-electron chi connectivity index (χ4n) is 5.48. The van der Waals surface area contributed by atoms with E-state index in [9.17, 15) is 24.5 Å². The first-order chi connectivity index (χ1) is 21.2. The van der Waals surface area contributed by atoms with E-state index in [1.165, 1.54) is 36.4 Å². The highest BCUT2D eigenvalue weighted by Crippen LogP contribution is 2.49. The van der Waals surface area contributed by atoms with Gasteiger partial charge in [-0.2, -0.15) is 0 Å². The molecule has 0 N–H and O–H groups in total. The number of imide groups is 1. The van der Waals surface area contributed by atoms with E-state index in [0.29, 0.717) is 27.4 Å². The highest BCUT2D eigenvalue weighted by Gasteiger charge is 2.60. The van der Waals surface area contributed by atoms with Gasteiger partial charge in [0.15, 0.2) is 17.6 Å². The molecule has 2 aliphatic rings. The molecule has 2 saturated heterocycles. The van der Waals surface area contributed by atoms with E-state index < -0.39 is 40.8 Å². The first-order valence-corrected chi connectivity index (χ1v) is 13.9. The summed E-state index contributed by atoms with van der Waals surface area (Å²) in [7, 11) is 1.40. The molecular formula is C32H24ClN3O8. The number of carbonyl (C=O) groups excluding carboxylic acids is 3. The van der Waals surface area contributed by atoms with E-state index in [4.69, 9.17) is 25.9 Å². The molecule has 0 bridgehead atoms. The van der Waals surface area contributed by atoms with Crippen molar-refractivity contribution in [1.82, 2.24) is 0 Å². The van der Waals surface area contributed by atoms with Gasteiger partial charge in [0, 0.05) is 17.2 Å². The summed E-state index contributed by atoms with van der Waals surface area (Å²) in [6.45, 7) is 1.71. The lowest BCUT2D eigenvalue weighted by Crippen LogP contribution is -2.37. The van der Waals surface area contributed by atoms with Gasteiger partial charge < -0.3 is 9.47 Å². The zero-order valence-corrected chi connectivity index (χ0v) is 24.1. The van der Waals surface area contributed by atoms with Gasteiger partial charge in [-0.05, 0) is 60.5 Å². The monoisotopic (exact) mass is 613 g/mol. The molecule has 0 saturated carbocycles. The standard InChI is InChI=1S/C32H24ClN3O8/c1-18-23(33)12-7-13-24(18)34-30(37)27-28(35(44-29(27)31(34)38)21-10-6-11-22(17-21)36(40)41)20-14-15-25(26(16-20)42-2)43-32(39)19-8-4-3-5-9-19/h3-17,27-29H,1-2H3/t27-,28+,29-/m0/s1. The number of hydroxylamine groups is 1. The van der Waals surface area contributed by atoms with Gasteiger partial charge >= 0.3 is 5.97 Å². The molecule has 0 aliphatic carbocycles.